The lowest BCUT2D eigenvalue weighted by Gasteiger charge is -2.34. The van der Waals surface area contributed by atoms with Gasteiger partial charge in [-0.1, -0.05) is 12.1 Å². The van der Waals surface area contributed by atoms with Crippen LogP contribution in [0.5, 0.6) is 5.75 Å². The number of rotatable bonds is 6. The summed E-state index contributed by atoms with van der Waals surface area (Å²) in [7, 11) is 1.43. The van der Waals surface area contributed by atoms with Crippen molar-refractivity contribution in [2.24, 2.45) is 5.92 Å². The zero-order valence-electron chi connectivity index (χ0n) is 16.2. The number of ether oxygens (including phenoxy) is 1. The Hall–Kier alpha value is -2.41. The van der Waals surface area contributed by atoms with Crippen molar-refractivity contribution in [3.63, 3.8) is 0 Å². The van der Waals surface area contributed by atoms with Crippen LogP contribution in [0.3, 0.4) is 0 Å². The third kappa shape index (κ3) is 4.52. The zero-order valence-corrected chi connectivity index (χ0v) is 17.0. The lowest BCUT2D eigenvalue weighted by atomic mass is 9.95. The van der Waals surface area contributed by atoms with Gasteiger partial charge in [0.25, 0.3) is 5.91 Å². The molecule has 3 rings (SSSR count). The fraction of sp³-hybridized carbons (Fsp3) is 0.429. The van der Waals surface area contributed by atoms with E-state index in [-0.39, 0.29) is 23.5 Å². The molecule has 0 saturated carbocycles. The molecule has 0 atom stereocenters. The van der Waals surface area contributed by atoms with Crippen molar-refractivity contribution in [3.8, 4) is 5.75 Å². The maximum atomic E-state index is 13.9. The molecule has 2 heterocycles. The minimum Gasteiger partial charge on any atom is -0.494 e. The van der Waals surface area contributed by atoms with Gasteiger partial charge in [0, 0.05) is 32.1 Å². The summed E-state index contributed by atoms with van der Waals surface area (Å²) in [6.45, 7) is 4.02. The van der Waals surface area contributed by atoms with E-state index in [1.54, 1.807) is 17.0 Å². The van der Waals surface area contributed by atoms with Gasteiger partial charge in [0.1, 0.15) is 0 Å². The molecule has 1 aliphatic heterocycles. The van der Waals surface area contributed by atoms with E-state index in [0.29, 0.717) is 39.0 Å². The Bertz CT molecular complexity index is 817. The predicted octanol–water partition coefficient (Wildman–Crippen LogP) is 3.80. The summed E-state index contributed by atoms with van der Waals surface area (Å²) < 4.78 is 18.9. The highest BCUT2D eigenvalue weighted by atomic mass is 32.1. The SMILES string of the molecule is CCN(Cc1ccc(OC)c(F)c1)C(=O)C1CCN(C(=O)c2cccs2)CC1. The summed E-state index contributed by atoms with van der Waals surface area (Å²) in [6.07, 6.45) is 1.31. The Labute approximate surface area is 168 Å². The van der Waals surface area contributed by atoms with Crippen LogP contribution in [0.2, 0.25) is 0 Å². The molecule has 0 N–H and O–H groups in total. The summed E-state index contributed by atoms with van der Waals surface area (Å²) in [5.41, 5.74) is 0.735. The van der Waals surface area contributed by atoms with Crippen LogP contribution in [0.4, 0.5) is 4.39 Å². The number of amides is 2. The highest BCUT2D eigenvalue weighted by Crippen LogP contribution is 2.24. The van der Waals surface area contributed by atoms with Crippen molar-refractivity contribution in [2.75, 3.05) is 26.7 Å². The van der Waals surface area contributed by atoms with E-state index in [1.807, 2.05) is 29.3 Å². The van der Waals surface area contributed by atoms with Gasteiger partial charge in [-0.15, -0.1) is 11.3 Å². The Balaban J connectivity index is 1.58. The average Bonchev–Trinajstić information content (AvgIpc) is 3.26. The molecule has 1 fully saturated rings. The summed E-state index contributed by atoms with van der Waals surface area (Å²) in [5.74, 6) is -0.218. The molecule has 150 valence electrons. The van der Waals surface area contributed by atoms with E-state index in [0.717, 1.165) is 10.4 Å². The first-order valence-corrected chi connectivity index (χ1v) is 10.4. The molecule has 28 heavy (non-hydrogen) atoms. The Morgan fingerprint density at radius 3 is 2.61 bits per heavy atom. The predicted molar refractivity (Wildman–Crippen MR) is 107 cm³/mol. The van der Waals surface area contributed by atoms with Gasteiger partial charge in [-0.25, -0.2) is 4.39 Å². The Kier molecular flexibility index (Phi) is 6.67. The van der Waals surface area contributed by atoms with Gasteiger partial charge < -0.3 is 14.5 Å². The maximum Gasteiger partial charge on any atom is 0.263 e. The standard InChI is InChI=1S/C21H25FN2O3S/c1-3-23(14-15-6-7-18(27-2)17(22)13-15)20(25)16-8-10-24(11-9-16)21(26)19-5-4-12-28-19/h4-7,12-13,16H,3,8-11,14H2,1-2H3. The quantitative estimate of drug-likeness (QED) is 0.736. The van der Waals surface area contributed by atoms with Gasteiger partial charge in [-0.05, 0) is 48.9 Å². The summed E-state index contributed by atoms with van der Waals surface area (Å²) in [4.78, 5) is 29.7. The summed E-state index contributed by atoms with van der Waals surface area (Å²) >= 11 is 1.44. The molecule has 2 amide bonds. The number of benzene rings is 1. The van der Waals surface area contributed by atoms with Crippen LogP contribution in [0.25, 0.3) is 0 Å². The second-order valence-electron chi connectivity index (χ2n) is 6.87. The topological polar surface area (TPSA) is 49.9 Å². The van der Waals surface area contributed by atoms with Crippen LogP contribution in [0.1, 0.15) is 35.0 Å². The van der Waals surface area contributed by atoms with Crippen molar-refractivity contribution in [3.05, 3.63) is 52.0 Å². The first-order chi connectivity index (χ1) is 13.5. The van der Waals surface area contributed by atoms with Gasteiger partial charge in [0.15, 0.2) is 11.6 Å². The van der Waals surface area contributed by atoms with Gasteiger partial charge in [-0.2, -0.15) is 0 Å². The molecular formula is C21H25FN2O3S. The van der Waals surface area contributed by atoms with Gasteiger partial charge in [0.05, 0.1) is 12.0 Å². The van der Waals surface area contributed by atoms with Crippen molar-refractivity contribution in [1.82, 2.24) is 9.80 Å². The van der Waals surface area contributed by atoms with E-state index in [1.165, 1.54) is 24.5 Å². The van der Waals surface area contributed by atoms with E-state index in [2.05, 4.69) is 0 Å². The first-order valence-electron chi connectivity index (χ1n) is 9.47. The van der Waals surface area contributed by atoms with Crippen LogP contribution < -0.4 is 4.74 Å². The number of methoxy groups -OCH3 is 1. The molecule has 1 aromatic carbocycles. The van der Waals surface area contributed by atoms with Crippen LogP contribution >= 0.6 is 11.3 Å². The minimum absolute atomic E-state index is 0.0435. The zero-order chi connectivity index (χ0) is 20.1. The Morgan fingerprint density at radius 2 is 2.04 bits per heavy atom. The molecule has 1 saturated heterocycles. The lowest BCUT2D eigenvalue weighted by molar-refractivity contribution is -0.137. The number of nitrogens with zero attached hydrogens (tertiary/aromatic N) is 2. The number of hydrogen-bond donors (Lipinski definition) is 0. The second-order valence-corrected chi connectivity index (χ2v) is 7.81. The third-order valence-corrected chi connectivity index (χ3v) is 6.00. The molecule has 7 heteroatoms. The number of carbonyl (C=O) groups is 2. The number of hydrogen-bond acceptors (Lipinski definition) is 4. The molecule has 1 aromatic heterocycles. The fourth-order valence-electron chi connectivity index (χ4n) is 3.52. The van der Waals surface area contributed by atoms with Gasteiger partial charge >= 0.3 is 0 Å². The lowest BCUT2D eigenvalue weighted by Crippen LogP contribution is -2.44. The average molecular weight is 405 g/mol. The summed E-state index contributed by atoms with van der Waals surface area (Å²) in [6, 6.07) is 8.47. The first kappa shape index (κ1) is 20.3. The van der Waals surface area contributed by atoms with Gasteiger partial charge in [0.2, 0.25) is 5.91 Å². The molecule has 5 nitrogen and oxygen atoms in total. The maximum absolute atomic E-state index is 13.9. The van der Waals surface area contributed by atoms with E-state index in [9.17, 15) is 14.0 Å². The molecule has 0 unspecified atom stereocenters. The van der Waals surface area contributed by atoms with Crippen molar-refractivity contribution in [1.29, 1.82) is 0 Å². The van der Waals surface area contributed by atoms with Crippen molar-refractivity contribution in [2.45, 2.75) is 26.3 Å². The van der Waals surface area contributed by atoms with Crippen LogP contribution in [0, 0.1) is 11.7 Å². The largest absolute Gasteiger partial charge is 0.494 e. The van der Waals surface area contributed by atoms with E-state index in [4.69, 9.17) is 4.74 Å². The van der Waals surface area contributed by atoms with Crippen molar-refractivity contribution >= 4 is 23.2 Å². The third-order valence-electron chi connectivity index (χ3n) is 5.15. The molecule has 0 radical (unpaired) electrons. The van der Waals surface area contributed by atoms with Gasteiger partial charge in [-0.3, -0.25) is 9.59 Å². The molecule has 0 aliphatic carbocycles. The molecular weight excluding hydrogens is 379 g/mol. The van der Waals surface area contributed by atoms with E-state index >= 15 is 0 Å². The minimum atomic E-state index is -0.427. The number of likely N-dealkylation sites (tertiary alicyclic amines) is 1. The van der Waals surface area contributed by atoms with Crippen LogP contribution in [0.15, 0.2) is 35.7 Å². The van der Waals surface area contributed by atoms with E-state index < -0.39 is 5.82 Å². The smallest absolute Gasteiger partial charge is 0.263 e. The van der Waals surface area contributed by atoms with Crippen LogP contribution in [-0.4, -0.2) is 48.4 Å². The highest BCUT2D eigenvalue weighted by Gasteiger charge is 2.30. The van der Waals surface area contributed by atoms with Crippen molar-refractivity contribution < 1.29 is 18.7 Å². The Morgan fingerprint density at radius 1 is 1.29 bits per heavy atom. The number of carbonyl (C=O) groups excluding carboxylic acids is 2. The molecule has 1 aliphatic rings. The fourth-order valence-corrected chi connectivity index (χ4v) is 4.21. The highest BCUT2D eigenvalue weighted by molar-refractivity contribution is 7.12. The van der Waals surface area contributed by atoms with Crippen LogP contribution in [-0.2, 0) is 11.3 Å². The normalized spacial score (nSPS) is 14.8. The molecule has 0 bridgehead atoms. The number of piperidine rings is 1. The molecule has 0 spiro atoms. The summed E-state index contributed by atoms with van der Waals surface area (Å²) in [5, 5.41) is 1.89. The monoisotopic (exact) mass is 404 g/mol. The number of thiophene rings is 1. The number of halogens is 1. The molecule has 2 aromatic rings. The second kappa shape index (κ2) is 9.19.